The molecular weight excluding hydrogens is 288 g/mol. The van der Waals surface area contributed by atoms with Crippen molar-refractivity contribution >= 4 is 5.96 Å². The molecule has 0 fully saturated rings. The van der Waals surface area contributed by atoms with Crippen molar-refractivity contribution in [1.82, 2.24) is 25.4 Å². The number of aromatic nitrogens is 3. The molecule has 0 unspecified atom stereocenters. The van der Waals surface area contributed by atoms with Crippen LogP contribution in [0.1, 0.15) is 56.6 Å². The molecule has 0 radical (unpaired) electrons. The molecule has 0 aromatic carbocycles. The van der Waals surface area contributed by atoms with Gasteiger partial charge in [-0.1, -0.05) is 11.6 Å². The number of aliphatic imine (C=N–C) groups is 1. The van der Waals surface area contributed by atoms with E-state index in [0.717, 1.165) is 43.5 Å². The molecule has 0 spiro atoms. The molecule has 3 rings (SSSR count). The van der Waals surface area contributed by atoms with E-state index >= 15 is 0 Å². The van der Waals surface area contributed by atoms with Crippen LogP contribution in [0.5, 0.6) is 0 Å². The minimum atomic E-state index is 0.676. The van der Waals surface area contributed by atoms with Gasteiger partial charge in [-0.2, -0.15) is 0 Å². The maximum Gasteiger partial charge on any atom is 0.191 e. The van der Waals surface area contributed by atoms with Crippen molar-refractivity contribution < 1.29 is 0 Å². The number of fused-ring (bicyclic) bond motifs is 1. The van der Waals surface area contributed by atoms with Gasteiger partial charge >= 0.3 is 0 Å². The van der Waals surface area contributed by atoms with Crippen LogP contribution in [-0.4, -0.2) is 34.3 Å². The lowest BCUT2D eigenvalue weighted by Gasteiger charge is -2.17. The number of hydrogen-bond acceptors (Lipinski definition) is 3. The van der Waals surface area contributed by atoms with Gasteiger partial charge in [-0.15, -0.1) is 10.2 Å². The Kier molecular flexibility index (Phi) is 5.66. The molecule has 0 saturated heterocycles. The number of guanidine groups is 1. The summed E-state index contributed by atoms with van der Waals surface area (Å²) in [6.45, 7) is 2.65. The fourth-order valence-electron chi connectivity index (χ4n) is 3.36. The van der Waals surface area contributed by atoms with Gasteiger partial charge in [-0.25, -0.2) is 0 Å². The maximum atomic E-state index is 4.32. The van der Waals surface area contributed by atoms with Crippen LogP contribution in [0.15, 0.2) is 16.6 Å². The van der Waals surface area contributed by atoms with Gasteiger partial charge in [0.1, 0.15) is 5.82 Å². The summed E-state index contributed by atoms with van der Waals surface area (Å²) in [6, 6.07) is 0. The summed E-state index contributed by atoms with van der Waals surface area (Å²) in [6.07, 6.45) is 12.2. The second-order valence-electron chi connectivity index (χ2n) is 6.35. The van der Waals surface area contributed by atoms with E-state index in [1.807, 2.05) is 7.05 Å². The molecule has 6 nitrogen and oxygen atoms in total. The Morgan fingerprint density at radius 3 is 2.91 bits per heavy atom. The monoisotopic (exact) mass is 316 g/mol. The van der Waals surface area contributed by atoms with Gasteiger partial charge in [0.25, 0.3) is 0 Å². The standard InChI is InChI=1S/C17H28N6/c1-18-17(19-11-10-14-7-3-2-4-8-14)20-13-16-22-21-15-9-5-6-12-23(15)16/h7H,2-6,8-13H2,1H3,(H2,18,19,20). The van der Waals surface area contributed by atoms with Crippen molar-refractivity contribution in [3.05, 3.63) is 23.3 Å². The number of allylic oxidation sites excluding steroid dienone is 1. The predicted molar refractivity (Wildman–Crippen MR) is 92.3 cm³/mol. The molecule has 0 amide bonds. The number of rotatable bonds is 5. The van der Waals surface area contributed by atoms with Crippen LogP contribution >= 0.6 is 0 Å². The van der Waals surface area contributed by atoms with E-state index < -0.39 is 0 Å². The summed E-state index contributed by atoms with van der Waals surface area (Å²) in [7, 11) is 1.81. The van der Waals surface area contributed by atoms with E-state index in [9.17, 15) is 0 Å². The van der Waals surface area contributed by atoms with Gasteiger partial charge in [0, 0.05) is 26.6 Å². The van der Waals surface area contributed by atoms with Gasteiger partial charge in [0.15, 0.2) is 11.8 Å². The maximum absolute atomic E-state index is 4.32. The molecule has 6 heteroatoms. The van der Waals surface area contributed by atoms with Gasteiger partial charge in [-0.3, -0.25) is 4.99 Å². The van der Waals surface area contributed by atoms with Crippen molar-refractivity contribution in [3.8, 4) is 0 Å². The Morgan fingerprint density at radius 2 is 2.09 bits per heavy atom. The molecule has 1 aromatic heterocycles. The van der Waals surface area contributed by atoms with Crippen molar-refractivity contribution in [3.63, 3.8) is 0 Å². The van der Waals surface area contributed by atoms with Crippen molar-refractivity contribution in [2.75, 3.05) is 13.6 Å². The molecule has 0 bridgehead atoms. The van der Waals surface area contributed by atoms with Crippen molar-refractivity contribution in [1.29, 1.82) is 0 Å². The Bertz CT molecular complexity index is 572. The number of nitrogens with one attached hydrogen (secondary N) is 2. The molecule has 1 aliphatic carbocycles. The van der Waals surface area contributed by atoms with Gasteiger partial charge in [0.2, 0.25) is 0 Å². The first-order valence-electron chi connectivity index (χ1n) is 8.90. The molecule has 126 valence electrons. The third-order valence-electron chi connectivity index (χ3n) is 4.70. The Hall–Kier alpha value is -1.85. The lowest BCUT2D eigenvalue weighted by molar-refractivity contribution is 0.504. The van der Waals surface area contributed by atoms with E-state index in [4.69, 9.17) is 0 Å². The molecule has 0 atom stereocenters. The highest BCUT2D eigenvalue weighted by Gasteiger charge is 2.15. The minimum Gasteiger partial charge on any atom is -0.356 e. The zero-order valence-electron chi connectivity index (χ0n) is 14.1. The average Bonchev–Trinajstić information content (AvgIpc) is 3.02. The van der Waals surface area contributed by atoms with Gasteiger partial charge < -0.3 is 15.2 Å². The minimum absolute atomic E-state index is 0.676. The van der Waals surface area contributed by atoms with Crippen LogP contribution in [0.3, 0.4) is 0 Å². The molecule has 1 aromatic rings. The fourth-order valence-corrected chi connectivity index (χ4v) is 3.36. The first-order valence-corrected chi connectivity index (χ1v) is 8.90. The zero-order chi connectivity index (χ0) is 15.9. The highest BCUT2D eigenvalue weighted by molar-refractivity contribution is 5.79. The quantitative estimate of drug-likeness (QED) is 0.496. The molecule has 2 N–H and O–H groups in total. The van der Waals surface area contributed by atoms with E-state index in [0.29, 0.717) is 6.54 Å². The fraction of sp³-hybridized carbons (Fsp3) is 0.706. The van der Waals surface area contributed by atoms with Crippen LogP contribution in [0.25, 0.3) is 0 Å². The molecular formula is C17H28N6. The van der Waals surface area contributed by atoms with E-state index in [1.54, 1.807) is 5.57 Å². The largest absolute Gasteiger partial charge is 0.356 e. The first-order chi connectivity index (χ1) is 11.4. The van der Waals surface area contributed by atoms with Gasteiger partial charge in [-0.05, 0) is 44.9 Å². The SMILES string of the molecule is CN=C(NCCC1=CCCCC1)NCc1nnc2n1CCCC2. The van der Waals surface area contributed by atoms with Crippen molar-refractivity contribution in [2.24, 2.45) is 4.99 Å². The van der Waals surface area contributed by atoms with Crippen molar-refractivity contribution in [2.45, 2.75) is 64.5 Å². The summed E-state index contributed by atoms with van der Waals surface area (Å²) in [5, 5.41) is 15.4. The van der Waals surface area contributed by atoms with Crippen LogP contribution in [-0.2, 0) is 19.5 Å². The molecule has 2 heterocycles. The third-order valence-corrected chi connectivity index (χ3v) is 4.70. The van der Waals surface area contributed by atoms with Crippen LogP contribution in [0.4, 0.5) is 0 Å². The number of aryl methyl sites for hydroxylation is 1. The predicted octanol–water partition coefficient (Wildman–Crippen LogP) is 2.17. The topological polar surface area (TPSA) is 67.1 Å². The highest BCUT2D eigenvalue weighted by atomic mass is 15.3. The van der Waals surface area contributed by atoms with Gasteiger partial charge in [0.05, 0.1) is 6.54 Å². The second-order valence-corrected chi connectivity index (χ2v) is 6.35. The second kappa shape index (κ2) is 8.13. The van der Waals surface area contributed by atoms with E-state index in [2.05, 4.69) is 36.5 Å². The van der Waals surface area contributed by atoms with Crippen LogP contribution in [0, 0.1) is 0 Å². The number of nitrogens with zero attached hydrogens (tertiary/aromatic N) is 4. The molecule has 1 aliphatic heterocycles. The molecule has 2 aliphatic rings. The summed E-state index contributed by atoms with van der Waals surface area (Å²) in [4.78, 5) is 4.30. The summed E-state index contributed by atoms with van der Waals surface area (Å²) >= 11 is 0. The Balaban J connectivity index is 1.44. The third kappa shape index (κ3) is 4.33. The summed E-state index contributed by atoms with van der Waals surface area (Å²) in [5.41, 5.74) is 1.59. The molecule has 23 heavy (non-hydrogen) atoms. The number of hydrogen-bond donors (Lipinski definition) is 2. The average molecular weight is 316 g/mol. The van der Waals surface area contributed by atoms with Crippen LogP contribution in [0.2, 0.25) is 0 Å². The Morgan fingerprint density at radius 1 is 1.17 bits per heavy atom. The first kappa shape index (κ1) is 16.0. The smallest absolute Gasteiger partial charge is 0.191 e. The summed E-state index contributed by atoms with van der Waals surface area (Å²) in [5.74, 6) is 2.98. The highest BCUT2D eigenvalue weighted by Crippen LogP contribution is 2.19. The van der Waals surface area contributed by atoms with E-state index in [-0.39, 0.29) is 0 Å². The normalized spacial score (nSPS) is 18.3. The zero-order valence-corrected chi connectivity index (χ0v) is 14.1. The molecule has 0 saturated carbocycles. The lowest BCUT2D eigenvalue weighted by Crippen LogP contribution is -2.38. The Labute approximate surface area is 138 Å². The van der Waals surface area contributed by atoms with Crippen LogP contribution < -0.4 is 10.6 Å². The van der Waals surface area contributed by atoms with E-state index in [1.165, 1.54) is 38.5 Å². The lowest BCUT2D eigenvalue weighted by atomic mass is 9.97. The summed E-state index contributed by atoms with van der Waals surface area (Å²) < 4.78 is 2.25.